The van der Waals surface area contributed by atoms with E-state index in [2.05, 4.69) is 20.3 Å². The number of hydrogen-bond acceptors (Lipinski definition) is 5. The molecule has 2 unspecified atom stereocenters. The van der Waals surface area contributed by atoms with E-state index < -0.39 is 30.2 Å². The van der Waals surface area contributed by atoms with Crippen molar-refractivity contribution < 1.29 is 27.1 Å². The summed E-state index contributed by atoms with van der Waals surface area (Å²) in [7, 11) is 0. The molecule has 0 spiro atoms. The van der Waals surface area contributed by atoms with Crippen molar-refractivity contribution >= 4 is 11.5 Å². The molecule has 1 heterocycles. The standard InChI is InChI=1S/C18H23F5N4O/c1-9(18(21,22)23)2-7-13-25-16(11-5-6-12(19)15(28)14(11)20)27-17(26-13)24-8-10-3-4-10/h9-10,12,15,28H,2-8H2,1H3,(H,24,25,26,27)/t9-,12?,15?/m0/s1. The van der Waals surface area contributed by atoms with Crippen molar-refractivity contribution in [3.63, 3.8) is 0 Å². The SMILES string of the molecule is C[C@@H](CCc1nc(NCC2CC2)nc(C2=C(F)C(O)C(F)CC2)n1)C(F)(F)F. The highest BCUT2D eigenvalue weighted by Gasteiger charge is 2.36. The summed E-state index contributed by atoms with van der Waals surface area (Å²) in [6, 6.07) is 0. The van der Waals surface area contributed by atoms with Crippen LogP contribution in [0.15, 0.2) is 5.83 Å². The zero-order valence-corrected chi connectivity index (χ0v) is 15.4. The summed E-state index contributed by atoms with van der Waals surface area (Å²) in [6.07, 6.45) is -6.11. The van der Waals surface area contributed by atoms with Crippen LogP contribution in [0.25, 0.3) is 5.57 Å². The van der Waals surface area contributed by atoms with Crippen molar-refractivity contribution in [3.8, 4) is 0 Å². The first-order valence-corrected chi connectivity index (χ1v) is 9.41. The number of anilines is 1. The van der Waals surface area contributed by atoms with Gasteiger partial charge in [-0.15, -0.1) is 0 Å². The number of hydrogen-bond donors (Lipinski definition) is 2. The number of aliphatic hydroxyl groups excluding tert-OH is 1. The lowest BCUT2D eigenvalue weighted by atomic mass is 9.94. The summed E-state index contributed by atoms with van der Waals surface area (Å²) in [5.41, 5.74) is -0.0246. The smallest absolute Gasteiger partial charge is 0.383 e. The molecule has 156 valence electrons. The molecule has 1 fully saturated rings. The lowest BCUT2D eigenvalue weighted by Crippen LogP contribution is -2.28. The summed E-state index contributed by atoms with van der Waals surface area (Å²) < 4.78 is 66.2. The normalized spacial score (nSPS) is 24.4. The number of alkyl halides is 4. The predicted octanol–water partition coefficient (Wildman–Crippen LogP) is 4.00. The van der Waals surface area contributed by atoms with E-state index in [1.54, 1.807) is 0 Å². The summed E-state index contributed by atoms with van der Waals surface area (Å²) >= 11 is 0. The number of aromatic nitrogens is 3. The second-order valence-electron chi connectivity index (χ2n) is 7.53. The van der Waals surface area contributed by atoms with Gasteiger partial charge >= 0.3 is 6.18 Å². The minimum atomic E-state index is -4.32. The van der Waals surface area contributed by atoms with Crippen LogP contribution in [0.2, 0.25) is 0 Å². The van der Waals surface area contributed by atoms with Crippen LogP contribution in [0, 0.1) is 11.8 Å². The van der Waals surface area contributed by atoms with Crippen LogP contribution < -0.4 is 5.32 Å². The molecule has 0 bridgehead atoms. The fourth-order valence-electron chi connectivity index (χ4n) is 2.93. The Balaban J connectivity index is 1.84. The predicted molar refractivity (Wildman–Crippen MR) is 92.7 cm³/mol. The van der Waals surface area contributed by atoms with Crippen molar-refractivity contribution in [2.24, 2.45) is 11.8 Å². The number of aryl methyl sites for hydroxylation is 1. The van der Waals surface area contributed by atoms with Gasteiger partial charge in [-0.1, -0.05) is 6.92 Å². The van der Waals surface area contributed by atoms with Gasteiger partial charge < -0.3 is 10.4 Å². The molecule has 1 aromatic heterocycles. The number of nitrogens with one attached hydrogen (secondary N) is 1. The molecule has 0 aliphatic heterocycles. The molecule has 0 aromatic carbocycles. The van der Waals surface area contributed by atoms with E-state index in [4.69, 9.17) is 0 Å². The highest BCUT2D eigenvalue weighted by molar-refractivity contribution is 5.64. The first-order valence-electron chi connectivity index (χ1n) is 9.41. The Bertz CT molecular complexity index is 735. The number of aliphatic hydroxyl groups is 1. The van der Waals surface area contributed by atoms with Gasteiger partial charge in [0.1, 0.15) is 23.9 Å². The minimum absolute atomic E-state index is 0.00542. The molecule has 3 atom stereocenters. The Morgan fingerprint density at radius 3 is 2.54 bits per heavy atom. The molecule has 0 radical (unpaired) electrons. The third kappa shape index (κ3) is 5.15. The second kappa shape index (κ2) is 8.26. The van der Waals surface area contributed by atoms with E-state index in [0.717, 1.165) is 19.8 Å². The topological polar surface area (TPSA) is 70.9 Å². The Morgan fingerprint density at radius 1 is 1.18 bits per heavy atom. The van der Waals surface area contributed by atoms with Crippen LogP contribution in [-0.2, 0) is 6.42 Å². The Labute approximate surface area is 159 Å². The van der Waals surface area contributed by atoms with Crippen molar-refractivity contribution in [3.05, 3.63) is 17.5 Å². The van der Waals surface area contributed by atoms with Gasteiger partial charge in [-0.3, -0.25) is 0 Å². The molecule has 5 nitrogen and oxygen atoms in total. The molecule has 0 amide bonds. The molecule has 28 heavy (non-hydrogen) atoms. The molecule has 2 aliphatic carbocycles. The van der Waals surface area contributed by atoms with Crippen molar-refractivity contribution in [1.82, 2.24) is 15.0 Å². The Kier molecular flexibility index (Phi) is 6.16. The van der Waals surface area contributed by atoms with Crippen LogP contribution in [0.3, 0.4) is 0 Å². The van der Waals surface area contributed by atoms with Crippen LogP contribution in [-0.4, -0.2) is 45.1 Å². The monoisotopic (exact) mass is 406 g/mol. The molecule has 3 rings (SSSR count). The average Bonchev–Trinajstić information content (AvgIpc) is 3.46. The van der Waals surface area contributed by atoms with Gasteiger partial charge in [-0.05, 0) is 38.0 Å². The molecule has 0 saturated heterocycles. The lowest BCUT2D eigenvalue weighted by Gasteiger charge is -2.23. The Hall–Kier alpha value is -1.84. The molecular formula is C18H23F5N4O. The van der Waals surface area contributed by atoms with Crippen LogP contribution in [0.4, 0.5) is 27.9 Å². The number of allylic oxidation sites excluding steroid dienone is 1. The van der Waals surface area contributed by atoms with Crippen LogP contribution >= 0.6 is 0 Å². The zero-order valence-electron chi connectivity index (χ0n) is 15.4. The molecule has 10 heteroatoms. The summed E-state index contributed by atoms with van der Waals surface area (Å²) in [5, 5.41) is 12.7. The summed E-state index contributed by atoms with van der Waals surface area (Å²) in [4.78, 5) is 12.4. The number of halogens is 5. The molecule has 2 aliphatic rings. The molecule has 1 aromatic rings. The van der Waals surface area contributed by atoms with Crippen molar-refractivity contribution in [1.29, 1.82) is 0 Å². The maximum Gasteiger partial charge on any atom is 0.391 e. The second-order valence-corrected chi connectivity index (χ2v) is 7.53. The van der Waals surface area contributed by atoms with E-state index in [1.807, 2.05) is 0 Å². The van der Waals surface area contributed by atoms with Crippen molar-refractivity contribution in [2.45, 2.75) is 63.9 Å². The van der Waals surface area contributed by atoms with Crippen molar-refractivity contribution in [2.75, 3.05) is 11.9 Å². The first kappa shape index (κ1) is 20.9. The van der Waals surface area contributed by atoms with Crippen LogP contribution in [0.1, 0.15) is 50.7 Å². The fourth-order valence-corrected chi connectivity index (χ4v) is 2.93. The van der Waals surface area contributed by atoms with Gasteiger partial charge in [0, 0.05) is 18.5 Å². The zero-order chi connectivity index (χ0) is 20.5. The van der Waals surface area contributed by atoms with Crippen LogP contribution in [0.5, 0.6) is 0 Å². The van der Waals surface area contributed by atoms with E-state index in [-0.39, 0.29) is 48.9 Å². The maximum atomic E-state index is 14.4. The van der Waals surface area contributed by atoms with Gasteiger partial charge in [0.2, 0.25) is 5.95 Å². The Morgan fingerprint density at radius 2 is 1.89 bits per heavy atom. The highest BCUT2D eigenvalue weighted by atomic mass is 19.4. The maximum absolute atomic E-state index is 14.4. The van der Waals surface area contributed by atoms with E-state index >= 15 is 0 Å². The average molecular weight is 406 g/mol. The number of nitrogens with zero attached hydrogens (tertiary/aromatic N) is 3. The third-order valence-corrected chi connectivity index (χ3v) is 5.12. The first-order chi connectivity index (χ1) is 13.1. The molecule has 2 N–H and O–H groups in total. The fraction of sp³-hybridized carbons (Fsp3) is 0.722. The van der Waals surface area contributed by atoms with E-state index in [1.165, 1.54) is 0 Å². The number of rotatable bonds is 7. The summed E-state index contributed by atoms with van der Waals surface area (Å²) in [6.45, 7) is 1.69. The van der Waals surface area contributed by atoms with E-state index in [0.29, 0.717) is 12.5 Å². The van der Waals surface area contributed by atoms with Gasteiger partial charge in [0.15, 0.2) is 5.82 Å². The van der Waals surface area contributed by atoms with Gasteiger partial charge in [0.25, 0.3) is 0 Å². The van der Waals surface area contributed by atoms with E-state index in [9.17, 15) is 27.1 Å². The highest BCUT2D eigenvalue weighted by Crippen LogP contribution is 2.34. The lowest BCUT2D eigenvalue weighted by molar-refractivity contribution is -0.171. The molecule has 1 saturated carbocycles. The molecular weight excluding hydrogens is 383 g/mol. The largest absolute Gasteiger partial charge is 0.391 e. The summed E-state index contributed by atoms with van der Waals surface area (Å²) in [5.74, 6) is -1.87. The third-order valence-electron chi connectivity index (χ3n) is 5.12. The van der Waals surface area contributed by atoms with Gasteiger partial charge in [0.05, 0.1) is 5.92 Å². The van der Waals surface area contributed by atoms with Gasteiger partial charge in [-0.2, -0.15) is 23.1 Å². The van der Waals surface area contributed by atoms with Gasteiger partial charge in [-0.25, -0.2) is 13.8 Å². The quantitative estimate of drug-likeness (QED) is 0.670. The minimum Gasteiger partial charge on any atom is -0.383 e.